The van der Waals surface area contributed by atoms with Gasteiger partial charge < -0.3 is 4.90 Å². The Morgan fingerprint density at radius 2 is 1.96 bits per heavy atom. The summed E-state index contributed by atoms with van der Waals surface area (Å²) in [4.78, 5) is 28.5. The highest BCUT2D eigenvalue weighted by molar-refractivity contribution is 6.33. The van der Waals surface area contributed by atoms with Gasteiger partial charge in [-0.05, 0) is 18.9 Å². The van der Waals surface area contributed by atoms with Crippen molar-refractivity contribution in [3.8, 4) is 0 Å². The van der Waals surface area contributed by atoms with Crippen molar-refractivity contribution in [2.45, 2.75) is 25.9 Å². The number of hydrogen-bond donors (Lipinski definition) is 2. The molecular weight excluding hydrogens is 349 g/mol. The van der Waals surface area contributed by atoms with Gasteiger partial charge in [-0.1, -0.05) is 11.6 Å². The maximum atomic E-state index is 12.5. The summed E-state index contributed by atoms with van der Waals surface area (Å²) in [6.45, 7) is 2.46. The molecule has 6 nitrogen and oxygen atoms in total. The molecule has 2 amide bonds. The minimum Gasteiger partial charge on any atom is -0.343 e. The molecule has 2 heterocycles. The van der Waals surface area contributed by atoms with Crippen molar-refractivity contribution in [1.29, 1.82) is 0 Å². The third kappa shape index (κ3) is 4.50. The summed E-state index contributed by atoms with van der Waals surface area (Å²) in [5, 5.41) is -0.253. The van der Waals surface area contributed by atoms with Gasteiger partial charge in [-0.25, -0.2) is 4.98 Å². The first kappa shape index (κ1) is 18.3. The van der Waals surface area contributed by atoms with Crippen LogP contribution in [0.3, 0.4) is 0 Å². The van der Waals surface area contributed by atoms with Crippen LogP contribution >= 0.6 is 11.6 Å². The number of halogens is 4. The van der Waals surface area contributed by atoms with E-state index in [1.54, 1.807) is 4.90 Å². The van der Waals surface area contributed by atoms with Crippen LogP contribution in [-0.4, -0.2) is 34.8 Å². The maximum absolute atomic E-state index is 12.5. The van der Waals surface area contributed by atoms with E-state index in [1.807, 2.05) is 0 Å². The van der Waals surface area contributed by atoms with E-state index in [0.717, 1.165) is 6.07 Å². The zero-order chi connectivity index (χ0) is 17.9. The SMILES string of the molecule is CC(=O)N1CCC(C(=O)NNc2ncc(C(F)(F)F)cc2Cl)CC1. The van der Waals surface area contributed by atoms with Crippen LogP contribution in [0.15, 0.2) is 12.3 Å². The van der Waals surface area contributed by atoms with Crippen molar-refractivity contribution < 1.29 is 22.8 Å². The Morgan fingerprint density at radius 1 is 1.33 bits per heavy atom. The number of aromatic nitrogens is 1. The molecule has 2 rings (SSSR count). The number of likely N-dealkylation sites (tertiary alicyclic amines) is 1. The molecule has 0 bridgehead atoms. The molecule has 132 valence electrons. The molecule has 24 heavy (non-hydrogen) atoms. The number of carbonyl (C=O) groups is 2. The minimum atomic E-state index is -4.54. The van der Waals surface area contributed by atoms with Gasteiger partial charge in [-0.2, -0.15) is 13.2 Å². The number of anilines is 1. The summed E-state index contributed by atoms with van der Waals surface area (Å²) < 4.78 is 37.6. The maximum Gasteiger partial charge on any atom is 0.417 e. The average molecular weight is 365 g/mol. The topological polar surface area (TPSA) is 74.3 Å². The standard InChI is InChI=1S/C14H16ClF3N4O2/c1-8(23)22-4-2-9(3-5-22)13(24)21-20-12-11(15)6-10(7-19-12)14(16,17)18/h6-7,9H,2-5H2,1H3,(H,19,20)(H,21,24). The van der Waals surface area contributed by atoms with Gasteiger partial charge in [0.1, 0.15) is 0 Å². The first-order valence-corrected chi connectivity index (χ1v) is 7.60. The van der Waals surface area contributed by atoms with Gasteiger partial charge >= 0.3 is 6.18 Å². The molecule has 0 aromatic carbocycles. The largest absolute Gasteiger partial charge is 0.417 e. The van der Waals surface area contributed by atoms with E-state index in [-0.39, 0.29) is 28.6 Å². The molecule has 0 spiro atoms. The van der Waals surface area contributed by atoms with E-state index in [1.165, 1.54) is 6.92 Å². The second-order valence-electron chi connectivity index (χ2n) is 5.45. The summed E-state index contributed by atoms with van der Waals surface area (Å²) >= 11 is 5.74. The first-order chi connectivity index (χ1) is 11.2. The third-order valence-corrected chi connectivity index (χ3v) is 4.07. The lowest BCUT2D eigenvalue weighted by atomic mass is 9.96. The molecule has 1 aromatic rings. The van der Waals surface area contributed by atoms with Crippen molar-refractivity contribution in [3.63, 3.8) is 0 Å². The summed E-state index contributed by atoms with van der Waals surface area (Å²) in [6, 6.07) is 0.731. The number of pyridine rings is 1. The molecule has 1 fully saturated rings. The quantitative estimate of drug-likeness (QED) is 0.808. The molecule has 0 atom stereocenters. The minimum absolute atomic E-state index is 0.0345. The van der Waals surface area contributed by atoms with Crippen molar-refractivity contribution in [1.82, 2.24) is 15.3 Å². The van der Waals surface area contributed by atoms with Gasteiger partial charge in [0.05, 0.1) is 10.6 Å². The molecule has 10 heteroatoms. The van der Waals surface area contributed by atoms with Gasteiger partial charge in [-0.3, -0.25) is 20.4 Å². The normalized spacial score (nSPS) is 16.0. The van der Waals surface area contributed by atoms with Crippen LogP contribution in [0.2, 0.25) is 5.02 Å². The Morgan fingerprint density at radius 3 is 2.46 bits per heavy atom. The number of carbonyl (C=O) groups excluding carboxylic acids is 2. The van der Waals surface area contributed by atoms with Crippen LogP contribution in [-0.2, 0) is 15.8 Å². The lowest BCUT2D eigenvalue weighted by molar-refractivity contribution is -0.137. The summed E-state index contributed by atoms with van der Waals surface area (Å²) in [5.41, 5.74) is 3.85. The highest BCUT2D eigenvalue weighted by Gasteiger charge is 2.32. The fourth-order valence-electron chi connectivity index (χ4n) is 2.36. The number of rotatable bonds is 3. The average Bonchev–Trinajstić information content (AvgIpc) is 2.52. The van der Waals surface area contributed by atoms with Gasteiger partial charge in [0.25, 0.3) is 0 Å². The van der Waals surface area contributed by atoms with E-state index in [0.29, 0.717) is 32.1 Å². The van der Waals surface area contributed by atoms with Crippen LogP contribution in [0, 0.1) is 5.92 Å². The monoisotopic (exact) mass is 364 g/mol. The van der Waals surface area contributed by atoms with Crippen LogP contribution < -0.4 is 10.9 Å². The zero-order valence-electron chi connectivity index (χ0n) is 12.8. The molecule has 1 aliphatic rings. The van der Waals surface area contributed by atoms with Crippen molar-refractivity contribution >= 4 is 29.2 Å². The Balaban J connectivity index is 1.89. The highest BCUT2D eigenvalue weighted by atomic mass is 35.5. The number of alkyl halides is 3. The second-order valence-corrected chi connectivity index (χ2v) is 5.85. The predicted octanol–water partition coefficient (Wildman–Crippen LogP) is 2.46. The Labute approximate surface area is 141 Å². The first-order valence-electron chi connectivity index (χ1n) is 7.22. The third-order valence-electron chi connectivity index (χ3n) is 3.78. The van der Waals surface area contributed by atoms with Crippen LogP contribution in [0.4, 0.5) is 19.0 Å². The van der Waals surface area contributed by atoms with Crippen LogP contribution in [0.1, 0.15) is 25.3 Å². The smallest absolute Gasteiger partial charge is 0.343 e. The van der Waals surface area contributed by atoms with E-state index in [9.17, 15) is 22.8 Å². The van der Waals surface area contributed by atoms with Crippen molar-refractivity contribution in [2.75, 3.05) is 18.5 Å². The summed E-state index contributed by atoms with van der Waals surface area (Å²) in [6.07, 6.45) is -2.88. The molecule has 0 saturated carbocycles. The van der Waals surface area contributed by atoms with Crippen molar-refractivity contribution in [2.24, 2.45) is 5.92 Å². The van der Waals surface area contributed by atoms with Gasteiger partial charge in [-0.15, -0.1) is 0 Å². The van der Waals surface area contributed by atoms with E-state index in [4.69, 9.17) is 11.6 Å². The number of hydrazine groups is 1. The van der Waals surface area contributed by atoms with Crippen LogP contribution in [0.5, 0.6) is 0 Å². The molecule has 1 aromatic heterocycles. The van der Waals surface area contributed by atoms with Crippen molar-refractivity contribution in [3.05, 3.63) is 22.8 Å². The lowest BCUT2D eigenvalue weighted by Crippen LogP contribution is -2.43. The van der Waals surface area contributed by atoms with E-state index < -0.39 is 11.7 Å². The highest BCUT2D eigenvalue weighted by Crippen LogP contribution is 2.32. The fourth-order valence-corrected chi connectivity index (χ4v) is 2.58. The Bertz CT molecular complexity index is 631. The molecule has 0 aliphatic carbocycles. The molecular formula is C14H16ClF3N4O2. The zero-order valence-corrected chi connectivity index (χ0v) is 13.5. The summed E-state index contributed by atoms with van der Waals surface area (Å²) in [7, 11) is 0. The molecule has 1 saturated heterocycles. The fraction of sp³-hybridized carbons (Fsp3) is 0.500. The Hall–Kier alpha value is -2.03. The van der Waals surface area contributed by atoms with E-state index in [2.05, 4.69) is 15.8 Å². The number of nitrogens with one attached hydrogen (secondary N) is 2. The van der Waals surface area contributed by atoms with E-state index >= 15 is 0 Å². The molecule has 1 aliphatic heterocycles. The van der Waals surface area contributed by atoms with Gasteiger partial charge in [0, 0.05) is 32.1 Å². The lowest BCUT2D eigenvalue weighted by Gasteiger charge is -2.30. The van der Waals surface area contributed by atoms with Gasteiger partial charge in [0.15, 0.2) is 5.82 Å². The summed E-state index contributed by atoms with van der Waals surface area (Å²) in [5.74, 6) is -0.718. The number of hydrogen-bond acceptors (Lipinski definition) is 4. The number of nitrogens with zero attached hydrogens (tertiary/aromatic N) is 2. The molecule has 2 N–H and O–H groups in total. The van der Waals surface area contributed by atoms with Crippen LogP contribution in [0.25, 0.3) is 0 Å². The number of piperidine rings is 1. The number of amides is 2. The molecule has 0 radical (unpaired) electrons. The Kier molecular flexibility index (Phi) is 5.53. The second kappa shape index (κ2) is 7.25. The predicted molar refractivity (Wildman–Crippen MR) is 81.0 cm³/mol. The molecule has 0 unspecified atom stereocenters. The van der Waals surface area contributed by atoms with Gasteiger partial charge in [0.2, 0.25) is 11.8 Å².